The smallest absolute Gasteiger partial charge is 0.262 e. The zero-order valence-corrected chi connectivity index (χ0v) is 18.1. The van der Waals surface area contributed by atoms with E-state index in [1.54, 1.807) is 19.2 Å². The van der Waals surface area contributed by atoms with Crippen molar-refractivity contribution < 1.29 is 26.7 Å². The molecule has 0 aliphatic carbocycles. The summed E-state index contributed by atoms with van der Waals surface area (Å²) in [4.78, 5) is 19.9. The molecule has 1 aromatic carbocycles. The number of hydrogen-bond acceptors (Lipinski definition) is 5. The minimum atomic E-state index is -3.84. The quantitative estimate of drug-likeness (QED) is 0.467. The van der Waals surface area contributed by atoms with E-state index in [0.717, 1.165) is 12.1 Å². The molecule has 0 unspecified atom stereocenters. The van der Waals surface area contributed by atoms with Crippen LogP contribution >= 0.6 is 0 Å². The number of carbonyl (C=O) groups is 1. The van der Waals surface area contributed by atoms with Crippen molar-refractivity contribution in [1.82, 2.24) is 9.97 Å². The van der Waals surface area contributed by atoms with Gasteiger partial charge in [-0.2, -0.15) is 0 Å². The molecule has 0 spiro atoms. The van der Waals surface area contributed by atoms with Crippen LogP contribution in [0.25, 0.3) is 11.0 Å². The molecule has 11 heteroatoms. The first-order chi connectivity index (χ1) is 15.3. The maximum Gasteiger partial charge on any atom is 0.262 e. The van der Waals surface area contributed by atoms with Gasteiger partial charge in [-0.05, 0) is 30.7 Å². The van der Waals surface area contributed by atoms with E-state index in [0.29, 0.717) is 23.0 Å². The summed E-state index contributed by atoms with van der Waals surface area (Å²) in [5, 5.41) is 2.34. The van der Waals surface area contributed by atoms with Crippen LogP contribution in [-0.4, -0.2) is 43.8 Å². The molecule has 0 aliphatic heterocycles. The monoisotopic (exact) mass is 462 g/mol. The Kier molecular flexibility index (Phi) is 7.07. The van der Waals surface area contributed by atoms with Crippen LogP contribution in [0.2, 0.25) is 0 Å². The Bertz CT molecular complexity index is 1330. The van der Waals surface area contributed by atoms with Crippen LogP contribution in [0, 0.1) is 23.5 Å². The molecule has 0 atom stereocenters. The number of ether oxygens (including phenoxy) is 1. The van der Waals surface area contributed by atoms with Gasteiger partial charge in [0.1, 0.15) is 29.3 Å². The lowest BCUT2D eigenvalue weighted by Gasteiger charge is -2.12. The van der Waals surface area contributed by atoms with Crippen LogP contribution < -0.4 is 10.0 Å². The van der Waals surface area contributed by atoms with Crippen LogP contribution in [0.3, 0.4) is 0 Å². The van der Waals surface area contributed by atoms with Crippen LogP contribution in [0.5, 0.6) is 0 Å². The van der Waals surface area contributed by atoms with Gasteiger partial charge in [-0.1, -0.05) is 18.8 Å². The standard InChI is InChI=1S/C21H20F2N4O4S/c1-3-11-32(29,30)27-15-7-6-14(22)18(19(15)23)21(28)26-17-9-8-16-20(25-17)13(12-24-16)5-4-10-31-2/h6-9,12,24,27H,3,10-11H2,1-2H3,(H,25,26,28). The number of aromatic amines is 1. The van der Waals surface area contributed by atoms with Crippen molar-refractivity contribution in [3.05, 3.63) is 53.2 Å². The number of pyridine rings is 1. The van der Waals surface area contributed by atoms with Gasteiger partial charge in [0.2, 0.25) is 10.0 Å². The summed E-state index contributed by atoms with van der Waals surface area (Å²) in [7, 11) is -2.32. The SMILES string of the molecule is CCCS(=O)(=O)Nc1ccc(F)c(C(=O)Nc2ccc3[nH]cc(C#CCOC)c3n2)c1F. The number of nitrogens with zero attached hydrogens (tertiary/aromatic N) is 1. The summed E-state index contributed by atoms with van der Waals surface area (Å²) in [6.07, 6.45) is 1.94. The fourth-order valence-electron chi connectivity index (χ4n) is 2.87. The average Bonchev–Trinajstić information content (AvgIpc) is 3.13. The number of sulfonamides is 1. The van der Waals surface area contributed by atoms with Gasteiger partial charge in [0, 0.05) is 13.3 Å². The van der Waals surface area contributed by atoms with E-state index in [4.69, 9.17) is 4.74 Å². The predicted molar refractivity (Wildman–Crippen MR) is 117 cm³/mol. The number of carbonyl (C=O) groups excluding carboxylic acids is 1. The first-order valence-corrected chi connectivity index (χ1v) is 11.2. The van der Waals surface area contributed by atoms with E-state index in [2.05, 4.69) is 27.1 Å². The molecule has 0 radical (unpaired) electrons. The molecular formula is C21H20F2N4O4S. The maximum atomic E-state index is 14.8. The van der Waals surface area contributed by atoms with Crippen molar-refractivity contribution in [2.24, 2.45) is 0 Å². The molecular weight excluding hydrogens is 442 g/mol. The highest BCUT2D eigenvalue weighted by Crippen LogP contribution is 2.24. The molecule has 2 aromatic heterocycles. The largest absolute Gasteiger partial charge is 0.372 e. The number of anilines is 2. The molecule has 168 valence electrons. The van der Waals surface area contributed by atoms with Gasteiger partial charge in [-0.15, -0.1) is 0 Å². The van der Waals surface area contributed by atoms with Gasteiger partial charge in [0.05, 0.1) is 22.5 Å². The summed E-state index contributed by atoms with van der Waals surface area (Å²) >= 11 is 0. The van der Waals surface area contributed by atoms with Crippen molar-refractivity contribution in [2.45, 2.75) is 13.3 Å². The van der Waals surface area contributed by atoms with Crippen molar-refractivity contribution in [2.75, 3.05) is 29.5 Å². The lowest BCUT2D eigenvalue weighted by molar-refractivity contribution is 0.101. The van der Waals surface area contributed by atoms with Crippen molar-refractivity contribution in [3.8, 4) is 11.8 Å². The first-order valence-electron chi connectivity index (χ1n) is 9.51. The zero-order chi connectivity index (χ0) is 23.3. The van der Waals surface area contributed by atoms with E-state index in [9.17, 15) is 22.0 Å². The highest BCUT2D eigenvalue weighted by Gasteiger charge is 2.23. The third kappa shape index (κ3) is 5.22. The lowest BCUT2D eigenvalue weighted by Crippen LogP contribution is -2.21. The van der Waals surface area contributed by atoms with E-state index in [-0.39, 0.29) is 18.2 Å². The average molecular weight is 462 g/mol. The van der Waals surface area contributed by atoms with Gasteiger partial charge in [-0.3, -0.25) is 9.52 Å². The molecule has 0 saturated heterocycles. The topological polar surface area (TPSA) is 113 Å². The summed E-state index contributed by atoms with van der Waals surface area (Å²) in [6.45, 7) is 1.86. The molecule has 1 amide bonds. The Labute approximate surface area is 183 Å². The Morgan fingerprint density at radius 2 is 2.03 bits per heavy atom. The second-order valence-electron chi connectivity index (χ2n) is 6.69. The number of amides is 1. The number of H-pyrrole nitrogens is 1. The Hall–Kier alpha value is -3.49. The number of hydrogen-bond donors (Lipinski definition) is 3. The van der Waals surface area contributed by atoms with E-state index in [1.807, 2.05) is 4.72 Å². The van der Waals surface area contributed by atoms with Crippen LogP contribution in [0.1, 0.15) is 29.3 Å². The maximum absolute atomic E-state index is 14.8. The molecule has 32 heavy (non-hydrogen) atoms. The highest BCUT2D eigenvalue weighted by atomic mass is 32.2. The molecule has 0 saturated carbocycles. The molecule has 0 bridgehead atoms. The van der Waals surface area contributed by atoms with Gasteiger partial charge in [0.15, 0.2) is 5.82 Å². The molecule has 3 aromatic rings. The second kappa shape index (κ2) is 9.76. The van der Waals surface area contributed by atoms with E-state index < -0.39 is 38.8 Å². The van der Waals surface area contributed by atoms with Crippen LogP contribution in [0.15, 0.2) is 30.5 Å². The summed E-state index contributed by atoms with van der Waals surface area (Å²) in [5.41, 5.74) is 0.202. The predicted octanol–water partition coefficient (Wildman–Crippen LogP) is 3.24. The minimum absolute atomic E-state index is 0.0349. The summed E-state index contributed by atoms with van der Waals surface area (Å²) in [6, 6.07) is 4.81. The third-order valence-corrected chi connectivity index (χ3v) is 5.74. The number of benzene rings is 1. The van der Waals surface area contributed by atoms with Crippen molar-refractivity contribution >= 4 is 38.5 Å². The van der Waals surface area contributed by atoms with E-state index >= 15 is 0 Å². The molecule has 8 nitrogen and oxygen atoms in total. The van der Waals surface area contributed by atoms with Crippen molar-refractivity contribution in [1.29, 1.82) is 0 Å². The summed E-state index contributed by atoms with van der Waals surface area (Å²) in [5.74, 6) is 1.86. The number of aromatic nitrogens is 2. The number of methoxy groups -OCH3 is 1. The Balaban J connectivity index is 1.90. The van der Waals surface area contributed by atoms with Gasteiger partial charge in [-0.25, -0.2) is 22.2 Å². The molecule has 0 fully saturated rings. The summed E-state index contributed by atoms with van der Waals surface area (Å²) < 4.78 is 59.9. The van der Waals surface area contributed by atoms with Gasteiger partial charge >= 0.3 is 0 Å². The fraction of sp³-hybridized carbons (Fsp3) is 0.238. The number of rotatable bonds is 7. The first kappa shape index (κ1) is 23.2. The van der Waals surface area contributed by atoms with Gasteiger partial charge < -0.3 is 15.0 Å². The Morgan fingerprint density at radius 1 is 1.25 bits per heavy atom. The zero-order valence-electron chi connectivity index (χ0n) is 17.3. The number of fused-ring (bicyclic) bond motifs is 1. The Morgan fingerprint density at radius 3 is 2.75 bits per heavy atom. The lowest BCUT2D eigenvalue weighted by atomic mass is 10.1. The molecule has 0 aliphatic rings. The number of halogens is 2. The second-order valence-corrected chi connectivity index (χ2v) is 8.53. The molecule has 3 N–H and O–H groups in total. The normalized spacial score (nSPS) is 11.1. The molecule has 3 rings (SSSR count). The highest BCUT2D eigenvalue weighted by molar-refractivity contribution is 7.92. The van der Waals surface area contributed by atoms with E-state index in [1.165, 1.54) is 13.2 Å². The molecule has 2 heterocycles. The third-order valence-electron chi connectivity index (χ3n) is 4.26. The number of nitrogens with one attached hydrogen (secondary N) is 3. The van der Waals surface area contributed by atoms with Crippen LogP contribution in [-0.2, 0) is 14.8 Å². The van der Waals surface area contributed by atoms with Crippen molar-refractivity contribution in [3.63, 3.8) is 0 Å². The fourth-order valence-corrected chi connectivity index (χ4v) is 4.01. The van der Waals surface area contributed by atoms with Gasteiger partial charge in [0.25, 0.3) is 5.91 Å². The van der Waals surface area contributed by atoms with Crippen LogP contribution in [0.4, 0.5) is 20.3 Å². The minimum Gasteiger partial charge on any atom is -0.372 e.